The van der Waals surface area contributed by atoms with E-state index in [0.717, 1.165) is 60.6 Å². The smallest absolute Gasteiger partial charge is 0.119 e. The predicted molar refractivity (Wildman–Crippen MR) is 145 cm³/mol. The Morgan fingerprint density at radius 3 is 2.57 bits per heavy atom. The number of hydrogen-bond acceptors (Lipinski definition) is 6. The maximum absolute atomic E-state index is 11.1. The number of pyridine rings is 1. The molecule has 2 aromatic carbocycles. The monoisotopic (exact) mass is 534 g/mol. The van der Waals surface area contributed by atoms with Crippen molar-refractivity contribution >= 4 is 45.9 Å². The van der Waals surface area contributed by atoms with Crippen molar-refractivity contribution in [1.82, 2.24) is 9.88 Å². The minimum absolute atomic E-state index is 0.131. The fraction of sp³-hybridized carbons (Fsp3) is 0.444. The number of thioether (sulfide) groups is 1. The van der Waals surface area contributed by atoms with Gasteiger partial charge in [0.25, 0.3) is 0 Å². The molecule has 3 aromatic rings. The Bertz CT molecular complexity index is 1120. The predicted octanol–water partition coefficient (Wildman–Crippen LogP) is 6.23. The van der Waals surface area contributed by atoms with Crippen LogP contribution in [0.3, 0.4) is 0 Å². The number of ether oxygens (including phenoxy) is 1. The number of aliphatic hydroxyl groups excluding tert-OH is 2. The van der Waals surface area contributed by atoms with Crippen molar-refractivity contribution in [2.45, 2.75) is 36.7 Å². The Balaban J connectivity index is 1.33. The van der Waals surface area contributed by atoms with Crippen molar-refractivity contribution in [3.8, 4) is 5.75 Å². The van der Waals surface area contributed by atoms with Gasteiger partial charge in [-0.1, -0.05) is 23.2 Å². The molecule has 1 saturated heterocycles. The molecule has 0 amide bonds. The Morgan fingerprint density at radius 2 is 1.89 bits per heavy atom. The molecule has 1 unspecified atom stereocenters. The topological polar surface area (TPSA) is 65.8 Å². The third-order valence-electron chi connectivity index (χ3n) is 7.09. The number of rotatable bonds is 10. The van der Waals surface area contributed by atoms with Crippen molar-refractivity contribution in [2.75, 3.05) is 39.1 Å². The Kier molecular flexibility index (Phi) is 9.19. The summed E-state index contributed by atoms with van der Waals surface area (Å²) in [6.45, 7) is 3.05. The molecule has 188 valence electrons. The highest BCUT2D eigenvalue weighted by atomic mass is 35.5. The van der Waals surface area contributed by atoms with Crippen LogP contribution in [-0.2, 0) is 0 Å². The zero-order chi connectivity index (χ0) is 24.8. The lowest BCUT2D eigenvalue weighted by molar-refractivity contribution is 0.0254. The molecule has 1 fully saturated rings. The van der Waals surface area contributed by atoms with Crippen LogP contribution in [0.4, 0.5) is 0 Å². The van der Waals surface area contributed by atoms with Crippen LogP contribution >= 0.6 is 35.0 Å². The Labute approximate surface area is 221 Å². The van der Waals surface area contributed by atoms with Crippen LogP contribution in [0, 0.1) is 5.41 Å². The maximum atomic E-state index is 11.1. The normalized spacial score (nSPS) is 16.9. The van der Waals surface area contributed by atoms with Crippen LogP contribution in [0.25, 0.3) is 10.9 Å². The van der Waals surface area contributed by atoms with Crippen molar-refractivity contribution in [1.29, 1.82) is 0 Å². The molecule has 2 heterocycles. The zero-order valence-electron chi connectivity index (χ0n) is 19.9. The summed E-state index contributed by atoms with van der Waals surface area (Å²) >= 11 is 14.3. The van der Waals surface area contributed by atoms with Gasteiger partial charge in [-0.15, -0.1) is 11.8 Å². The number of aliphatic hydroxyl groups is 2. The molecule has 5 nitrogen and oxygen atoms in total. The number of benzene rings is 2. The van der Waals surface area contributed by atoms with Gasteiger partial charge < -0.3 is 19.8 Å². The molecule has 1 atom stereocenters. The number of nitrogens with zero attached hydrogens (tertiary/aromatic N) is 2. The van der Waals surface area contributed by atoms with E-state index in [1.54, 1.807) is 13.3 Å². The number of piperidine rings is 1. The van der Waals surface area contributed by atoms with E-state index < -0.39 is 6.10 Å². The van der Waals surface area contributed by atoms with Crippen molar-refractivity contribution in [3.63, 3.8) is 0 Å². The van der Waals surface area contributed by atoms with Gasteiger partial charge in [0.1, 0.15) is 5.75 Å². The van der Waals surface area contributed by atoms with E-state index in [0.29, 0.717) is 22.8 Å². The first-order valence-corrected chi connectivity index (χ1v) is 13.7. The highest BCUT2D eigenvalue weighted by Gasteiger charge is 2.34. The summed E-state index contributed by atoms with van der Waals surface area (Å²) < 4.78 is 5.36. The van der Waals surface area contributed by atoms with Gasteiger partial charge in [0.15, 0.2) is 0 Å². The first-order chi connectivity index (χ1) is 16.9. The van der Waals surface area contributed by atoms with Gasteiger partial charge in [-0.2, -0.15) is 0 Å². The number of hydrogen-bond donors (Lipinski definition) is 2. The molecule has 0 radical (unpaired) electrons. The SMILES string of the molecule is COc1ccc2ncc(Cl)c(C(O)CCC3(CO)CCN(CCSc4ccc(Cl)cc4)CC3)c2c1. The van der Waals surface area contributed by atoms with E-state index >= 15 is 0 Å². The molecular formula is C27H32Cl2N2O3S. The third kappa shape index (κ3) is 6.62. The number of methoxy groups -OCH3 is 1. The van der Waals surface area contributed by atoms with E-state index in [-0.39, 0.29) is 12.0 Å². The molecule has 1 aliphatic rings. The minimum atomic E-state index is -0.739. The first kappa shape index (κ1) is 26.5. The minimum Gasteiger partial charge on any atom is -0.497 e. The average molecular weight is 536 g/mol. The van der Waals surface area contributed by atoms with E-state index in [2.05, 4.69) is 22.0 Å². The molecule has 0 aliphatic carbocycles. The molecule has 1 aliphatic heterocycles. The zero-order valence-corrected chi connectivity index (χ0v) is 22.2. The number of aromatic nitrogens is 1. The van der Waals surface area contributed by atoms with E-state index in [9.17, 15) is 10.2 Å². The van der Waals surface area contributed by atoms with Gasteiger partial charge in [0, 0.05) is 46.0 Å². The summed E-state index contributed by atoms with van der Waals surface area (Å²) in [5.74, 6) is 1.72. The summed E-state index contributed by atoms with van der Waals surface area (Å²) in [6.07, 6.45) is 3.96. The summed E-state index contributed by atoms with van der Waals surface area (Å²) in [4.78, 5) is 8.08. The molecule has 2 N–H and O–H groups in total. The van der Waals surface area contributed by atoms with Crippen molar-refractivity contribution in [3.05, 3.63) is 64.3 Å². The maximum Gasteiger partial charge on any atom is 0.119 e. The fourth-order valence-corrected chi connectivity index (χ4v) is 6.10. The molecule has 0 spiro atoms. The second kappa shape index (κ2) is 12.1. The summed E-state index contributed by atoms with van der Waals surface area (Å²) in [5.41, 5.74) is 1.28. The van der Waals surface area contributed by atoms with Crippen LogP contribution in [0.15, 0.2) is 53.6 Å². The largest absolute Gasteiger partial charge is 0.497 e. The van der Waals surface area contributed by atoms with Crippen LogP contribution in [0.1, 0.15) is 37.4 Å². The Morgan fingerprint density at radius 1 is 1.14 bits per heavy atom. The molecule has 0 bridgehead atoms. The number of fused-ring (bicyclic) bond motifs is 1. The van der Waals surface area contributed by atoms with E-state index in [1.165, 1.54) is 4.90 Å². The van der Waals surface area contributed by atoms with Crippen LogP contribution in [-0.4, -0.2) is 59.2 Å². The third-order valence-corrected chi connectivity index (χ3v) is 8.64. The molecule has 0 saturated carbocycles. The Hall–Kier alpha value is -1.54. The molecule has 1 aromatic heterocycles. The van der Waals surface area contributed by atoms with Crippen LogP contribution < -0.4 is 4.74 Å². The summed E-state index contributed by atoms with van der Waals surface area (Å²) in [7, 11) is 1.61. The molecule has 4 rings (SSSR count). The van der Waals surface area contributed by atoms with E-state index in [4.69, 9.17) is 27.9 Å². The van der Waals surface area contributed by atoms with Crippen molar-refractivity contribution < 1.29 is 14.9 Å². The lowest BCUT2D eigenvalue weighted by Gasteiger charge is -2.41. The number of halogens is 2. The lowest BCUT2D eigenvalue weighted by Crippen LogP contribution is -2.43. The van der Waals surface area contributed by atoms with Gasteiger partial charge in [-0.3, -0.25) is 4.98 Å². The second-order valence-corrected chi connectivity index (χ2v) is 11.3. The summed E-state index contributed by atoms with van der Waals surface area (Å²) in [6, 6.07) is 13.5. The fourth-order valence-electron chi connectivity index (χ4n) is 4.78. The van der Waals surface area contributed by atoms with Gasteiger partial charge in [0.2, 0.25) is 0 Å². The van der Waals surface area contributed by atoms with Gasteiger partial charge in [-0.05, 0) is 86.7 Å². The summed E-state index contributed by atoms with van der Waals surface area (Å²) in [5, 5.41) is 23.4. The van der Waals surface area contributed by atoms with Gasteiger partial charge in [-0.25, -0.2) is 0 Å². The quantitative estimate of drug-likeness (QED) is 0.300. The number of likely N-dealkylation sites (tertiary alicyclic amines) is 1. The van der Waals surface area contributed by atoms with Crippen LogP contribution in [0.2, 0.25) is 10.0 Å². The second-order valence-electron chi connectivity index (χ2n) is 9.26. The van der Waals surface area contributed by atoms with Gasteiger partial charge in [0.05, 0.1) is 23.8 Å². The van der Waals surface area contributed by atoms with E-state index in [1.807, 2.05) is 42.1 Å². The standard InChI is InChI=1S/C27H32Cl2N2O3S/c1-34-20-4-7-24-22(16-20)26(23(29)17-30-24)25(33)8-9-27(18-32)10-12-31(13-11-27)14-15-35-21-5-2-19(28)3-6-21/h2-7,16-17,25,32-33H,8-15,18H2,1H3. The van der Waals surface area contributed by atoms with Crippen molar-refractivity contribution in [2.24, 2.45) is 5.41 Å². The van der Waals surface area contributed by atoms with Crippen LogP contribution in [0.5, 0.6) is 5.75 Å². The van der Waals surface area contributed by atoms with Gasteiger partial charge >= 0.3 is 0 Å². The lowest BCUT2D eigenvalue weighted by atomic mass is 9.74. The average Bonchev–Trinajstić information content (AvgIpc) is 2.89. The molecule has 35 heavy (non-hydrogen) atoms. The first-order valence-electron chi connectivity index (χ1n) is 11.9. The highest BCUT2D eigenvalue weighted by Crippen LogP contribution is 2.40. The highest BCUT2D eigenvalue weighted by molar-refractivity contribution is 7.99. The molecular weight excluding hydrogens is 503 g/mol. The molecule has 8 heteroatoms.